The molecule has 0 radical (unpaired) electrons. The van der Waals surface area contributed by atoms with Crippen LogP contribution in [0.1, 0.15) is 11.1 Å². The standard InChI is InChI=1S/C14H15Cl2N3/c15-12-7-13(16)14(19-9-12)18-8-11-3-1-10(2-4-11)5-6-17/h1-4,7,9H,5-6,8,17H2,(H,18,19). The maximum absolute atomic E-state index is 6.04. The second-order valence-corrected chi connectivity index (χ2v) is 5.04. The van der Waals surface area contributed by atoms with E-state index in [4.69, 9.17) is 28.9 Å². The summed E-state index contributed by atoms with van der Waals surface area (Å²) in [4.78, 5) is 4.15. The van der Waals surface area contributed by atoms with Crippen molar-refractivity contribution in [3.63, 3.8) is 0 Å². The van der Waals surface area contributed by atoms with E-state index in [2.05, 4.69) is 34.6 Å². The van der Waals surface area contributed by atoms with Gasteiger partial charge in [0, 0.05) is 12.7 Å². The van der Waals surface area contributed by atoms with Crippen molar-refractivity contribution in [3.05, 3.63) is 57.7 Å². The summed E-state index contributed by atoms with van der Waals surface area (Å²) in [5.41, 5.74) is 7.92. The van der Waals surface area contributed by atoms with Crippen LogP contribution in [0.25, 0.3) is 0 Å². The van der Waals surface area contributed by atoms with Crippen LogP contribution in [0.2, 0.25) is 10.0 Å². The lowest BCUT2D eigenvalue weighted by molar-refractivity contribution is 0.966. The fourth-order valence-electron chi connectivity index (χ4n) is 1.72. The molecule has 0 bridgehead atoms. The Balaban J connectivity index is 1.98. The number of halogens is 2. The smallest absolute Gasteiger partial charge is 0.145 e. The molecule has 19 heavy (non-hydrogen) atoms. The Morgan fingerprint density at radius 1 is 1.11 bits per heavy atom. The van der Waals surface area contributed by atoms with Crippen molar-refractivity contribution in [2.24, 2.45) is 5.73 Å². The van der Waals surface area contributed by atoms with Crippen LogP contribution in [0.3, 0.4) is 0 Å². The largest absolute Gasteiger partial charge is 0.365 e. The molecule has 100 valence electrons. The van der Waals surface area contributed by atoms with Crippen LogP contribution >= 0.6 is 23.2 Å². The highest BCUT2D eigenvalue weighted by atomic mass is 35.5. The monoisotopic (exact) mass is 295 g/mol. The van der Waals surface area contributed by atoms with Gasteiger partial charge in [0.2, 0.25) is 0 Å². The Morgan fingerprint density at radius 3 is 2.42 bits per heavy atom. The van der Waals surface area contributed by atoms with Crippen molar-refractivity contribution in [1.82, 2.24) is 4.98 Å². The van der Waals surface area contributed by atoms with E-state index >= 15 is 0 Å². The maximum atomic E-state index is 6.04. The first-order valence-corrected chi connectivity index (χ1v) is 6.77. The molecule has 0 amide bonds. The van der Waals surface area contributed by atoms with Crippen molar-refractivity contribution >= 4 is 29.0 Å². The maximum Gasteiger partial charge on any atom is 0.145 e. The van der Waals surface area contributed by atoms with Crippen LogP contribution in [0.5, 0.6) is 0 Å². The van der Waals surface area contributed by atoms with E-state index in [0.29, 0.717) is 29.0 Å². The zero-order valence-corrected chi connectivity index (χ0v) is 11.9. The van der Waals surface area contributed by atoms with E-state index in [9.17, 15) is 0 Å². The first-order valence-electron chi connectivity index (χ1n) is 6.02. The summed E-state index contributed by atoms with van der Waals surface area (Å²) in [6.07, 6.45) is 2.47. The molecule has 1 aromatic heterocycles. The average Bonchev–Trinajstić information content (AvgIpc) is 2.40. The molecule has 0 spiro atoms. The molecule has 0 aliphatic rings. The summed E-state index contributed by atoms with van der Waals surface area (Å²) in [5, 5.41) is 4.23. The van der Waals surface area contributed by atoms with E-state index in [-0.39, 0.29) is 0 Å². The molecular formula is C14H15Cl2N3. The minimum atomic E-state index is 0.521. The van der Waals surface area contributed by atoms with E-state index in [1.165, 1.54) is 5.56 Å². The van der Waals surface area contributed by atoms with Crippen LogP contribution < -0.4 is 11.1 Å². The van der Waals surface area contributed by atoms with Crippen LogP contribution in [0, 0.1) is 0 Å². The summed E-state index contributed by atoms with van der Waals surface area (Å²) in [6, 6.07) is 9.98. The second-order valence-electron chi connectivity index (χ2n) is 4.19. The van der Waals surface area contributed by atoms with Crippen molar-refractivity contribution < 1.29 is 0 Å². The van der Waals surface area contributed by atoms with E-state index < -0.39 is 0 Å². The van der Waals surface area contributed by atoms with Crippen molar-refractivity contribution in [2.75, 3.05) is 11.9 Å². The van der Waals surface area contributed by atoms with Gasteiger partial charge in [0.15, 0.2) is 0 Å². The molecule has 0 unspecified atom stereocenters. The van der Waals surface area contributed by atoms with Crippen molar-refractivity contribution in [2.45, 2.75) is 13.0 Å². The highest BCUT2D eigenvalue weighted by Gasteiger charge is 2.02. The highest BCUT2D eigenvalue weighted by Crippen LogP contribution is 2.22. The number of nitrogens with zero attached hydrogens (tertiary/aromatic N) is 1. The fraction of sp³-hybridized carbons (Fsp3) is 0.214. The summed E-state index contributed by atoms with van der Waals surface area (Å²) in [7, 11) is 0. The number of nitrogens with two attached hydrogens (primary N) is 1. The SMILES string of the molecule is NCCc1ccc(CNc2ncc(Cl)cc2Cl)cc1. The number of anilines is 1. The lowest BCUT2D eigenvalue weighted by atomic mass is 10.1. The average molecular weight is 296 g/mol. The van der Waals surface area contributed by atoms with Gasteiger partial charge in [-0.2, -0.15) is 0 Å². The normalized spacial score (nSPS) is 10.5. The minimum absolute atomic E-state index is 0.521. The molecule has 0 saturated heterocycles. The Bertz CT molecular complexity index is 541. The Kier molecular flexibility index (Phi) is 5.02. The third-order valence-corrected chi connectivity index (χ3v) is 3.22. The predicted molar refractivity (Wildman–Crippen MR) is 80.8 cm³/mol. The number of nitrogens with one attached hydrogen (secondary N) is 1. The summed E-state index contributed by atoms with van der Waals surface area (Å²) >= 11 is 11.8. The molecule has 1 heterocycles. The first-order chi connectivity index (χ1) is 9.19. The first kappa shape index (κ1) is 14.1. The quantitative estimate of drug-likeness (QED) is 0.888. The third-order valence-electron chi connectivity index (χ3n) is 2.72. The Labute approximate surface area is 122 Å². The van der Waals surface area contributed by atoms with Gasteiger partial charge in [0.25, 0.3) is 0 Å². The molecule has 0 saturated carbocycles. The highest BCUT2D eigenvalue weighted by molar-refractivity contribution is 6.35. The number of hydrogen-bond acceptors (Lipinski definition) is 3. The van der Waals surface area contributed by atoms with Gasteiger partial charge in [-0.15, -0.1) is 0 Å². The molecule has 0 fully saturated rings. The molecule has 0 atom stereocenters. The third kappa shape index (κ3) is 4.10. The Hall–Kier alpha value is -1.29. The lowest BCUT2D eigenvalue weighted by Crippen LogP contribution is -2.04. The molecular weight excluding hydrogens is 281 g/mol. The number of aromatic nitrogens is 1. The molecule has 2 rings (SSSR count). The van der Waals surface area contributed by atoms with Crippen LogP contribution in [0.15, 0.2) is 36.5 Å². The van der Waals surface area contributed by atoms with Gasteiger partial charge in [-0.05, 0) is 30.2 Å². The van der Waals surface area contributed by atoms with E-state index in [0.717, 1.165) is 12.0 Å². The molecule has 2 aromatic rings. The zero-order valence-electron chi connectivity index (χ0n) is 10.4. The minimum Gasteiger partial charge on any atom is -0.365 e. The van der Waals surface area contributed by atoms with Crippen molar-refractivity contribution in [3.8, 4) is 0 Å². The van der Waals surface area contributed by atoms with E-state index in [1.807, 2.05) is 0 Å². The van der Waals surface area contributed by atoms with Gasteiger partial charge in [-0.3, -0.25) is 0 Å². The number of rotatable bonds is 5. The Morgan fingerprint density at radius 2 is 1.79 bits per heavy atom. The summed E-state index contributed by atoms with van der Waals surface area (Å²) in [5.74, 6) is 0.636. The van der Waals surface area contributed by atoms with Gasteiger partial charge < -0.3 is 11.1 Å². The van der Waals surface area contributed by atoms with Crippen LogP contribution in [-0.2, 0) is 13.0 Å². The van der Waals surface area contributed by atoms with Crippen LogP contribution in [0.4, 0.5) is 5.82 Å². The zero-order chi connectivity index (χ0) is 13.7. The van der Waals surface area contributed by atoms with Crippen LogP contribution in [-0.4, -0.2) is 11.5 Å². The molecule has 0 aliphatic heterocycles. The molecule has 3 nitrogen and oxygen atoms in total. The predicted octanol–water partition coefficient (Wildman–Crippen LogP) is 3.50. The molecule has 5 heteroatoms. The number of benzene rings is 1. The summed E-state index contributed by atoms with van der Waals surface area (Å²) in [6.45, 7) is 1.33. The lowest BCUT2D eigenvalue weighted by Gasteiger charge is -2.08. The molecule has 1 aromatic carbocycles. The van der Waals surface area contributed by atoms with Gasteiger partial charge in [-0.1, -0.05) is 47.5 Å². The van der Waals surface area contributed by atoms with Crippen molar-refractivity contribution in [1.29, 1.82) is 0 Å². The topological polar surface area (TPSA) is 50.9 Å². The van der Waals surface area contributed by atoms with Gasteiger partial charge in [0.1, 0.15) is 5.82 Å². The number of pyridine rings is 1. The van der Waals surface area contributed by atoms with Gasteiger partial charge in [-0.25, -0.2) is 4.98 Å². The fourth-order valence-corrected chi connectivity index (χ4v) is 2.17. The molecule has 3 N–H and O–H groups in total. The summed E-state index contributed by atoms with van der Waals surface area (Å²) < 4.78 is 0. The van der Waals surface area contributed by atoms with Gasteiger partial charge in [0.05, 0.1) is 10.0 Å². The van der Waals surface area contributed by atoms with E-state index in [1.54, 1.807) is 12.3 Å². The second kappa shape index (κ2) is 6.75. The molecule has 0 aliphatic carbocycles. The number of hydrogen-bond donors (Lipinski definition) is 2. The van der Waals surface area contributed by atoms with Gasteiger partial charge >= 0.3 is 0 Å².